The highest BCUT2D eigenvalue weighted by molar-refractivity contribution is 5.03. The number of hydrogen-bond acceptors (Lipinski definition) is 4. The fraction of sp³-hybridized carbons (Fsp3) is 0.500. The van der Waals surface area contributed by atoms with Gasteiger partial charge in [-0.1, -0.05) is 6.07 Å². The lowest BCUT2D eigenvalue weighted by atomic mass is 10.2. The summed E-state index contributed by atoms with van der Waals surface area (Å²) in [4.78, 5) is 4.19. The molecule has 1 unspecified atom stereocenters. The Balaban J connectivity index is 2.10. The topological polar surface area (TPSA) is 71.2 Å². The van der Waals surface area contributed by atoms with Gasteiger partial charge in [0.15, 0.2) is 0 Å². The second kappa shape index (κ2) is 6.48. The van der Waals surface area contributed by atoms with Gasteiger partial charge < -0.3 is 16.2 Å². The van der Waals surface area contributed by atoms with E-state index >= 15 is 0 Å². The van der Waals surface area contributed by atoms with Crippen molar-refractivity contribution in [3.05, 3.63) is 30.1 Å². The van der Waals surface area contributed by atoms with E-state index in [1.165, 1.54) is 0 Å². The van der Waals surface area contributed by atoms with Crippen LogP contribution in [0.5, 0.6) is 0 Å². The average molecular weight is 195 g/mol. The summed E-state index contributed by atoms with van der Waals surface area (Å²) in [6.45, 7) is 1.66. The van der Waals surface area contributed by atoms with Gasteiger partial charge in [-0.15, -0.1) is 0 Å². The smallest absolute Gasteiger partial charge is 0.0786 e. The molecule has 78 valence electrons. The molecule has 0 bridgehead atoms. The molecule has 1 rings (SSSR count). The van der Waals surface area contributed by atoms with Gasteiger partial charge in [-0.25, -0.2) is 0 Å². The fourth-order valence-corrected chi connectivity index (χ4v) is 1.11. The number of aliphatic hydroxyl groups excluding tert-OH is 1. The molecule has 0 aliphatic heterocycles. The molecule has 0 spiro atoms. The van der Waals surface area contributed by atoms with Crippen LogP contribution in [0.2, 0.25) is 0 Å². The number of nitrogens with one attached hydrogen (secondary N) is 1. The summed E-state index contributed by atoms with van der Waals surface area (Å²) in [6.07, 6.45) is 2.21. The van der Waals surface area contributed by atoms with Gasteiger partial charge in [0.25, 0.3) is 0 Å². The van der Waals surface area contributed by atoms with Crippen LogP contribution >= 0.6 is 0 Å². The van der Waals surface area contributed by atoms with E-state index in [0.717, 1.165) is 18.7 Å². The molecule has 4 nitrogen and oxygen atoms in total. The Morgan fingerprint density at radius 1 is 1.50 bits per heavy atom. The molecule has 0 radical (unpaired) electrons. The van der Waals surface area contributed by atoms with E-state index in [4.69, 9.17) is 10.8 Å². The van der Waals surface area contributed by atoms with Crippen molar-refractivity contribution in [1.82, 2.24) is 10.3 Å². The molecule has 1 atom stereocenters. The highest BCUT2D eigenvalue weighted by Crippen LogP contribution is 1.92. The summed E-state index contributed by atoms with van der Waals surface area (Å²) in [5, 5.41) is 12.3. The zero-order valence-electron chi connectivity index (χ0n) is 8.19. The van der Waals surface area contributed by atoms with Crippen molar-refractivity contribution in [2.75, 3.05) is 19.6 Å². The quantitative estimate of drug-likeness (QED) is 0.537. The minimum absolute atomic E-state index is 0.302. The first kappa shape index (κ1) is 11.1. The zero-order valence-corrected chi connectivity index (χ0v) is 8.19. The zero-order chi connectivity index (χ0) is 10.2. The van der Waals surface area contributed by atoms with Crippen LogP contribution in [0.4, 0.5) is 0 Å². The molecule has 4 heteroatoms. The van der Waals surface area contributed by atoms with Gasteiger partial charge in [0.1, 0.15) is 0 Å². The largest absolute Gasteiger partial charge is 0.390 e. The summed E-state index contributed by atoms with van der Waals surface area (Å²) < 4.78 is 0. The van der Waals surface area contributed by atoms with E-state index in [-0.39, 0.29) is 0 Å². The van der Waals surface area contributed by atoms with Gasteiger partial charge in [-0.2, -0.15) is 0 Å². The first-order valence-corrected chi connectivity index (χ1v) is 4.81. The van der Waals surface area contributed by atoms with E-state index in [1.54, 1.807) is 6.20 Å². The van der Waals surface area contributed by atoms with Gasteiger partial charge in [0.05, 0.1) is 6.10 Å². The number of rotatable bonds is 6. The lowest BCUT2D eigenvalue weighted by molar-refractivity contribution is 0.180. The lowest BCUT2D eigenvalue weighted by Crippen LogP contribution is -2.33. The van der Waals surface area contributed by atoms with Gasteiger partial charge in [-0.05, 0) is 12.1 Å². The Kier molecular flexibility index (Phi) is 5.14. The van der Waals surface area contributed by atoms with E-state index in [2.05, 4.69) is 10.3 Å². The van der Waals surface area contributed by atoms with E-state index < -0.39 is 6.10 Å². The molecule has 4 N–H and O–H groups in total. The molecular formula is C10H17N3O. The van der Waals surface area contributed by atoms with Crippen LogP contribution in [0.25, 0.3) is 0 Å². The maximum Gasteiger partial charge on any atom is 0.0786 e. The third kappa shape index (κ3) is 4.32. The van der Waals surface area contributed by atoms with Crippen LogP contribution in [-0.2, 0) is 6.42 Å². The summed E-state index contributed by atoms with van der Waals surface area (Å²) in [7, 11) is 0. The summed E-state index contributed by atoms with van der Waals surface area (Å²) in [5.74, 6) is 0. The Hall–Kier alpha value is -0.970. The molecule has 1 aromatic heterocycles. The van der Waals surface area contributed by atoms with Gasteiger partial charge >= 0.3 is 0 Å². The summed E-state index contributed by atoms with van der Waals surface area (Å²) in [6, 6.07) is 5.85. The molecule has 0 aliphatic rings. The van der Waals surface area contributed by atoms with Crippen molar-refractivity contribution in [1.29, 1.82) is 0 Å². The summed E-state index contributed by atoms with van der Waals surface area (Å²) in [5.41, 5.74) is 6.32. The minimum atomic E-state index is -0.446. The Morgan fingerprint density at radius 3 is 3.00 bits per heavy atom. The van der Waals surface area contributed by atoms with Crippen molar-refractivity contribution >= 4 is 0 Å². The van der Waals surface area contributed by atoms with Crippen LogP contribution in [0.1, 0.15) is 5.69 Å². The molecule has 0 amide bonds. The molecule has 0 fully saturated rings. The van der Waals surface area contributed by atoms with E-state index in [9.17, 15) is 0 Å². The van der Waals surface area contributed by atoms with Crippen molar-refractivity contribution < 1.29 is 5.11 Å². The SMILES string of the molecule is NCC(O)CNCCc1ccccn1. The average Bonchev–Trinajstić information content (AvgIpc) is 2.25. The molecule has 1 aromatic rings. The molecule has 0 aromatic carbocycles. The maximum atomic E-state index is 9.15. The Morgan fingerprint density at radius 2 is 2.36 bits per heavy atom. The van der Waals surface area contributed by atoms with Crippen LogP contribution in [0.15, 0.2) is 24.4 Å². The minimum Gasteiger partial charge on any atom is -0.390 e. The second-order valence-corrected chi connectivity index (χ2v) is 3.16. The molecule has 0 aliphatic carbocycles. The third-order valence-corrected chi connectivity index (χ3v) is 1.94. The first-order chi connectivity index (χ1) is 6.83. The van der Waals surface area contributed by atoms with E-state index in [0.29, 0.717) is 13.1 Å². The van der Waals surface area contributed by atoms with Gasteiger partial charge in [0, 0.05) is 37.9 Å². The number of aromatic nitrogens is 1. The van der Waals surface area contributed by atoms with Crippen molar-refractivity contribution in [3.8, 4) is 0 Å². The molecule has 14 heavy (non-hydrogen) atoms. The number of nitrogens with two attached hydrogens (primary N) is 1. The third-order valence-electron chi connectivity index (χ3n) is 1.94. The Labute approximate surface area is 84.2 Å². The lowest BCUT2D eigenvalue weighted by Gasteiger charge is -2.08. The standard InChI is InChI=1S/C10H17N3O/c11-7-10(14)8-12-6-4-9-3-1-2-5-13-9/h1-3,5,10,12,14H,4,6-8,11H2. The number of hydrogen-bond donors (Lipinski definition) is 3. The number of aliphatic hydroxyl groups is 1. The van der Waals surface area contributed by atoms with Crippen LogP contribution < -0.4 is 11.1 Å². The Bertz CT molecular complexity index is 240. The van der Waals surface area contributed by atoms with Crippen LogP contribution in [0.3, 0.4) is 0 Å². The van der Waals surface area contributed by atoms with Crippen molar-refractivity contribution in [3.63, 3.8) is 0 Å². The van der Waals surface area contributed by atoms with Crippen molar-refractivity contribution in [2.24, 2.45) is 5.73 Å². The van der Waals surface area contributed by atoms with Crippen LogP contribution in [-0.4, -0.2) is 35.8 Å². The summed E-state index contributed by atoms with van der Waals surface area (Å²) >= 11 is 0. The number of nitrogens with zero attached hydrogens (tertiary/aromatic N) is 1. The first-order valence-electron chi connectivity index (χ1n) is 4.81. The monoisotopic (exact) mass is 195 g/mol. The van der Waals surface area contributed by atoms with Gasteiger partial charge in [0.2, 0.25) is 0 Å². The maximum absolute atomic E-state index is 9.15. The second-order valence-electron chi connectivity index (χ2n) is 3.16. The van der Waals surface area contributed by atoms with Gasteiger partial charge in [-0.3, -0.25) is 4.98 Å². The molecular weight excluding hydrogens is 178 g/mol. The molecule has 0 saturated heterocycles. The van der Waals surface area contributed by atoms with E-state index in [1.807, 2.05) is 18.2 Å². The molecule has 0 saturated carbocycles. The normalized spacial score (nSPS) is 12.7. The number of pyridine rings is 1. The highest BCUT2D eigenvalue weighted by atomic mass is 16.3. The predicted octanol–water partition coefficient (Wildman–Crippen LogP) is -0.467. The molecule has 1 heterocycles. The fourth-order valence-electron chi connectivity index (χ4n) is 1.11. The highest BCUT2D eigenvalue weighted by Gasteiger charge is 1.99. The predicted molar refractivity (Wildman–Crippen MR) is 55.9 cm³/mol. The van der Waals surface area contributed by atoms with Crippen molar-refractivity contribution in [2.45, 2.75) is 12.5 Å². The van der Waals surface area contributed by atoms with Crippen LogP contribution in [0, 0.1) is 0 Å².